The topological polar surface area (TPSA) is 55.6 Å². The molecule has 1 aliphatic rings. The van der Waals surface area contributed by atoms with Crippen molar-refractivity contribution >= 4 is 5.91 Å². The Morgan fingerprint density at radius 2 is 2.04 bits per heavy atom. The third-order valence-electron chi connectivity index (χ3n) is 4.87. The zero-order chi connectivity index (χ0) is 17.9. The van der Waals surface area contributed by atoms with Gasteiger partial charge in [-0.3, -0.25) is 4.79 Å². The second kappa shape index (κ2) is 7.04. The molecule has 0 saturated heterocycles. The second-order valence-corrected chi connectivity index (χ2v) is 6.45. The van der Waals surface area contributed by atoms with Crippen LogP contribution in [0.5, 0.6) is 5.75 Å². The summed E-state index contributed by atoms with van der Waals surface area (Å²) in [6.07, 6.45) is 2.51. The van der Waals surface area contributed by atoms with Crippen molar-refractivity contribution in [1.29, 1.82) is 0 Å². The molecule has 0 fully saturated rings. The number of nitrogens with zero attached hydrogens (tertiary/aromatic N) is 2. The molecule has 0 bridgehead atoms. The Balaban J connectivity index is 1.68. The number of rotatable bonds is 4. The van der Waals surface area contributed by atoms with Crippen molar-refractivity contribution in [3.8, 4) is 5.75 Å². The normalized spacial score (nSPS) is 16.2. The van der Waals surface area contributed by atoms with Crippen molar-refractivity contribution in [2.45, 2.75) is 25.4 Å². The zero-order valence-corrected chi connectivity index (χ0v) is 14.6. The monoisotopic (exact) mass is 348 g/mol. The minimum atomic E-state index is 0.0106. The third kappa shape index (κ3) is 3.20. The van der Waals surface area contributed by atoms with Crippen LogP contribution in [-0.4, -0.2) is 23.1 Å². The average Bonchev–Trinajstić information content (AvgIpc) is 3.20. The van der Waals surface area contributed by atoms with Crippen LogP contribution in [0.15, 0.2) is 65.4 Å². The van der Waals surface area contributed by atoms with Crippen LogP contribution in [0.3, 0.4) is 0 Å². The van der Waals surface area contributed by atoms with Gasteiger partial charge in [-0.1, -0.05) is 41.6 Å². The molecule has 0 saturated carbocycles. The molecule has 132 valence electrons. The lowest BCUT2D eigenvalue weighted by Crippen LogP contribution is -2.39. The van der Waals surface area contributed by atoms with Crippen LogP contribution < -0.4 is 4.74 Å². The summed E-state index contributed by atoms with van der Waals surface area (Å²) in [5.74, 6) is 0.854. The summed E-state index contributed by atoms with van der Waals surface area (Å²) in [4.78, 5) is 15.0. The smallest absolute Gasteiger partial charge is 0.229 e. The summed E-state index contributed by atoms with van der Waals surface area (Å²) in [7, 11) is 1.66. The first-order valence-corrected chi connectivity index (χ1v) is 8.64. The summed E-state index contributed by atoms with van der Waals surface area (Å²) >= 11 is 0. The molecular formula is C21H20N2O3. The van der Waals surface area contributed by atoms with Gasteiger partial charge in [-0.05, 0) is 35.2 Å². The van der Waals surface area contributed by atoms with Gasteiger partial charge < -0.3 is 14.2 Å². The van der Waals surface area contributed by atoms with E-state index in [1.807, 2.05) is 35.2 Å². The highest BCUT2D eigenvalue weighted by Crippen LogP contribution is 2.35. The molecule has 26 heavy (non-hydrogen) atoms. The fourth-order valence-electron chi connectivity index (χ4n) is 3.51. The number of aromatic nitrogens is 1. The highest BCUT2D eigenvalue weighted by molar-refractivity contribution is 5.79. The third-order valence-corrected chi connectivity index (χ3v) is 4.87. The molecule has 0 radical (unpaired) electrons. The first kappa shape index (κ1) is 16.4. The predicted octanol–water partition coefficient (Wildman–Crippen LogP) is 3.55. The van der Waals surface area contributed by atoms with Crippen LogP contribution in [0.4, 0.5) is 0 Å². The molecule has 4 rings (SSSR count). The first-order valence-electron chi connectivity index (χ1n) is 8.64. The molecule has 2 aromatic carbocycles. The summed E-state index contributed by atoms with van der Waals surface area (Å²) in [6.45, 7) is 0.558. The van der Waals surface area contributed by atoms with Crippen molar-refractivity contribution in [3.63, 3.8) is 0 Å². The molecule has 1 aromatic heterocycles. The van der Waals surface area contributed by atoms with Crippen molar-refractivity contribution in [1.82, 2.24) is 10.1 Å². The number of hydrogen-bond donors (Lipinski definition) is 0. The van der Waals surface area contributed by atoms with Crippen LogP contribution in [0.1, 0.15) is 28.4 Å². The average molecular weight is 348 g/mol. The molecule has 5 heteroatoms. The maximum Gasteiger partial charge on any atom is 0.229 e. The Morgan fingerprint density at radius 1 is 1.19 bits per heavy atom. The summed E-state index contributed by atoms with van der Waals surface area (Å²) in [6, 6.07) is 18.0. The molecule has 1 aliphatic heterocycles. The molecule has 0 N–H and O–H groups in total. The number of carbonyl (C=O) groups excluding carboxylic acids is 1. The second-order valence-electron chi connectivity index (χ2n) is 6.45. The van der Waals surface area contributed by atoms with Crippen LogP contribution in [0.2, 0.25) is 0 Å². The van der Waals surface area contributed by atoms with Gasteiger partial charge >= 0.3 is 0 Å². The van der Waals surface area contributed by atoms with E-state index in [2.05, 4.69) is 23.4 Å². The maximum absolute atomic E-state index is 13.0. The van der Waals surface area contributed by atoms with Gasteiger partial charge in [-0.15, -0.1) is 0 Å². The highest BCUT2D eigenvalue weighted by atomic mass is 16.5. The Hall–Kier alpha value is -3.08. The van der Waals surface area contributed by atoms with Gasteiger partial charge in [0.2, 0.25) is 5.91 Å². The van der Waals surface area contributed by atoms with E-state index in [9.17, 15) is 4.79 Å². The van der Waals surface area contributed by atoms with Crippen molar-refractivity contribution in [2.24, 2.45) is 0 Å². The molecule has 0 spiro atoms. The molecule has 0 unspecified atom stereocenters. The van der Waals surface area contributed by atoms with E-state index >= 15 is 0 Å². The van der Waals surface area contributed by atoms with Crippen molar-refractivity contribution in [2.75, 3.05) is 7.11 Å². The standard InChI is InChI=1S/C21H20N2O3/c1-25-19-8-7-16-12-20(15-5-3-2-4-6-15)23(14-17(16)11-19)21(24)13-18-9-10-26-22-18/h2-11,20H,12-14H2,1H3/t20-/m1/s1. The number of hydrogen-bond acceptors (Lipinski definition) is 4. The summed E-state index contributed by atoms with van der Waals surface area (Å²) < 4.78 is 10.2. The lowest BCUT2D eigenvalue weighted by Gasteiger charge is -2.37. The number of methoxy groups -OCH3 is 1. The van der Waals surface area contributed by atoms with Crippen LogP contribution in [-0.2, 0) is 24.2 Å². The van der Waals surface area contributed by atoms with Gasteiger partial charge in [0.1, 0.15) is 12.0 Å². The highest BCUT2D eigenvalue weighted by Gasteiger charge is 2.31. The van der Waals surface area contributed by atoms with Crippen LogP contribution >= 0.6 is 0 Å². The van der Waals surface area contributed by atoms with Gasteiger partial charge in [-0.25, -0.2) is 0 Å². The van der Waals surface area contributed by atoms with Gasteiger partial charge in [0, 0.05) is 12.6 Å². The fraction of sp³-hybridized carbons (Fsp3) is 0.238. The Bertz CT molecular complexity index is 891. The Labute approximate surface area is 152 Å². The van der Waals surface area contributed by atoms with Crippen LogP contribution in [0.25, 0.3) is 0 Å². The largest absolute Gasteiger partial charge is 0.497 e. The summed E-state index contributed by atoms with van der Waals surface area (Å²) in [5.41, 5.74) is 4.18. The molecule has 5 nitrogen and oxygen atoms in total. The lowest BCUT2D eigenvalue weighted by molar-refractivity contribution is -0.134. The SMILES string of the molecule is COc1ccc2c(c1)CN(C(=O)Cc1ccon1)[C@@H](c1ccccc1)C2. The van der Waals surface area contributed by atoms with E-state index in [0.717, 1.165) is 23.3 Å². The van der Waals surface area contributed by atoms with Gasteiger partial charge in [0.15, 0.2) is 0 Å². The molecular weight excluding hydrogens is 328 g/mol. The quantitative estimate of drug-likeness (QED) is 0.723. The number of fused-ring (bicyclic) bond motifs is 1. The lowest BCUT2D eigenvalue weighted by atomic mass is 9.89. The molecule has 2 heterocycles. The van der Waals surface area contributed by atoms with E-state index in [4.69, 9.17) is 9.26 Å². The van der Waals surface area contributed by atoms with Gasteiger partial charge in [-0.2, -0.15) is 0 Å². The predicted molar refractivity (Wildman–Crippen MR) is 96.6 cm³/mol. The van der Waals surface area contributed by atoms with Crippen molar-refractivity contribution in [3.05, 3.63) is 83.2 Å². The minimum absolute atomic E-state index is 0.0106. The van der Waals surface area contributed by atoms with E-state index < -0.39 is 0 Å². The van der Waals surface area contributed by atoms with E-state index in [1.165, 1.54) is 11.8 Å². The van der Waals surface area contributed by atoms with E-state index in [1.54, 1.807) is 13.2 Å². The summed E-state index contributed by atoms with van der Waals surface area (Å²) in [5, 5.41) is 3.88. The minimum Gasteiger partial charge on any atom is -0.497 e. The number of carbonyl (C=O) groups is 1. The fourth-order valence-corrected chi connectivity index (χ4v) is 3.51. The number of ether oxygens (including phenoxy) is 1. The van der Waals surface area contributed by atoms with Gasteiger partial charge in [0.05, 0.1) is 25.3 Å². The first-order chi connectivity index (χ1) is 12.7. The van der Waals surface area contributed by atoms with Crippen molar-refractivity contribution < 1.29 is 14.1 Å². The molecule has 0 aliphatic carbocycles. The van der Waals surface area contributed by atoms with Crippen LogP contribution in [0, 0.1) is 0 Å². The van der Waals surface area contributed by atoms with Gasteiger partial charge in [0.25, 0.3) is 0 Å². The molecule has 1 amide bonds. The molecule has 3 aromatic rings. The Morgan fingerprint density at radius 3 is 2.77 bits per heavy atom. The number of amides is 1. The number of benzene rings is 2. The zero-order valence-electron chi connectivity index (χ0n) is 14.6. The van der Waals surface area contributed by atoms with E-state index in [-0.39, 0.29) is 18.4 Å². The van der Waals surface area contributed by atoms with E-state index in [0.29, 0.717) is 12.2 Å². The Kier molecular flexibility index (Phi) is 4.44. The molecule has 1 atom stereocenters. The maximum atomic E-state index is 13.0.